The van der Waals surface area contributed by atoms with Crippen LogP contribution < -0.4 is 0 Å². The van der Waals surface area contributed by atoms with Gasteiger partial charge in [-0.3, -0.25) is 9.48 Å². The molecule has 1 atom stereocenters. The lowest BCUT2D eigenvalue weighted by Gasteiger charge is -2.45. The van der Waals surface area contributed by atoms with E-state index in [0.29, 0.717) is 38.2 Å². The molecule has 1 aromatic heterocycles. The first-order chi connectivity index (χ1) is 11.8. The Hall–Kier alpha value is -1.45. The van der Waals surface area contributed by atoms with E-state index in [1.807, 2.05) is 0 Å². The van der Waals surface area contributed by atoms with Gasteiger partial charge in [-0.05, 0) is 31.7 Å². The van der Waals surface area contributed by atoms with E-state index in [1.54, 1.807) is 40.3 Å². The zero-order valence-corrected chi connectivity index (χ0v) is 15.8. The van der Waals surface area contributed by atoms with Crippen LogP contribution in [0.3, 0.4) is 0 Å². The summed E-state index contributed by atoms with van der Waals surface area (Å²) in [5, 5.41) is 4.05. The zero-order valence-electron chi connectivity index (χ0n) is 15.0. The van der Waals surface area contributed by atoms with Crippen LogP contribution in [0.15, 0.2) is 12.3 Å². The number of aryl methyl sites for hydroxylation is 1. The SMILES string of the molecule is COCC1CCC2(CCN(C(=O)c3ccnn3C)CC2)N1S(C)(=O)=O. The highest BCUT2D eigenvalue weighted by Gasteiger charge is 2.52. The van der Waals surface area contributed by atoms with E-state index >= 15 is 0 Å². The van der Waals surface area contributed by atoms with Crippen molar-refractivity contribution in [2.24, 2.45) is 7.05 Å². The van der Waals surface area contributed by atoms with Gasteiger partial charge in [0.2, 0.25) is 10.0 Å². The van der Waals surface area contributed by atoms with Crippen molar-refractivity contribution in [2.75, 3.05) is 33.1 Å². The molecule has 2 aliphatic heterocycles. The van der Waals surface area contributed by atoms with Gasteiger partial charge in [0, 0.05) is 45.0 Å². The fourth-order valence-electron chi connectivity index (χ4n) is 4.36. The van der Waals surface area contributed by atoms with Gasteiger partial charge in [-0.15, -0.1) is 0 Å². The standard InChI is InChI=1S/C16H26N4O4S/c1-18-14(5-9-17-18)15(21)19-10-7-16(8-11-19)6-4-13(12-24-2)20(16)25(3,22)23/h5,9,13H,4,6-8,10-12H2,1-3H3. The third kappa shape index (κ3) is 3.32. The number of likely N-dealkylation sites (tertiary alicyclic amines) is 1. The number of amides is 1. The Bertz CT molecular complexity index is 737. The number of aromatic nitrogens is 2. The summed E-state index contributed by atoms with van der Waals surface area (Å²) in [5.74, 6) is -0.0489. The quantitative estimate of drug-likeness (QED) is 0.769. The Labute approximate surface area is 148 Å². The zero-order chi connectivity index (χ0) is 18.2. The number of piperidine rings is 1. The van der Waals surface area contributed by atoms with Crippen molar-refractivity contribution in [3.63, 3.8) is 0 Å². The molecule has 1 unspecified atom stereocenters. The molecular weight excluding hydrogens is 344 g/mol. The largest absolute Gasteiger partial charge is 0.383 e. The normalized spacial score (nSPS) is 24.1. The highest BCUT2D eigenvalue weighted by atomic mass is 32.2. The van der Waals surface area contributed by atoms with E-state index < -0.39 is 10.0 Å². The number of sulfonamides is 1. The number of carbonyl (C=O) groups is 1. The number of ether oxygens (including phenoxy) is 1. The highest BCUT2D eigenvalue weighted by molar-refractivity contribution is 7.88. The molecule has 0 saturated carbocycles. The van der Waals surface area contributed by atoms with Crippen molar-refractivity contribution >= 4 is 15.9 Å². The highest BCUT2D eigenvalue weighted by Crippen LogP contribution is 2.43. The van der Waals surface area contributed by atoms with Gasteiger partial charge >= 0.3 is 0 Å². The summed E-state index contributed by atoms with van der Waals surface area (Å²) in [6.45, 7) is 1.51. The van der Waals surface area contributed by atoms with Crippen LogP contribution in [0.5, 0.6) is 0 Å². The van der Waals surface area contributed by atoms with Crippen LogP contribution in [0.1, 0.15) is 36.2 Å². The van der Waals surface area contributed by atoms with Crippen LogP contribution >= 0.6 is 0 Å². The van der Waals surface area contributed by atoms with Crippen molar-refractivity contribution < 1.29 is 17.9 Å². The molecule has 9 heteroatoms. The molecule has 0 aromatic carbocycles. The number of nitrogens with zero attached hydrogens (tertiary/aromatic N) is 4. The molecule has 2 aliphatic rings. The van der Waals surface area contributed by atoms with Crippen LogP contribution in [0.4, 0.5) is 0 Å². The molecule has 0 bridgehead atoms. The predicted octanol–water partition coefficient (Wildman–Crippen LogP) is 0.465. The van der Waals surface area contributed by atoms with Gasteiger partial charge in [-0.1, -0.05) is 0 Å². The lowest BCUT2D eigenvalue weighted by Crippen LogP contribution is -2.57. The van der Waals surface area contributed by atoms with Crippen molar-refractivity contribution in [3.05, 3.63) is 18.0 Å². The molecule has 2 saturated heterocycles. The van der Waals surface area contributed by atoms with E-state index in [4.69, 9.17) is 4.74 Å². The van der Waals surface area contributed by atoms with Gasteiger partial charge in [0.1, 0.15) is 5.69 Å². The minimum absolute atomic E-state index is 0.0489. The van der Waals surface area contributed by atoms with Gasteiger partial charge in [-0.2, -0.15) is 9.40 Å². The minimum atomic E-state index is -3.33. The van der Waals surface area contributed by atoms with Crippen LogP contribution in [0, 0.1) is 0 Å². The molecular formula is C16H26N4O4S. The summed E-state index contributed by atoms with van der Waals surface area (Å²) in [7, 11) is 0.0104. The summed E-state index contributed by atoms with van der Waals surface area (Å²) in [6.07, 6.45) is 5.82. The van der Waals surface area contributed by atoms with Gasteiger partial charge in [0.05, 0.1) is 12.9 Å². The van der Waals surface area contributed by atoms with Crippen molar-refractivity contribution in [3.8, 4) is 0 Å². The molecule has 0 radical (unpaired) electrons. The van der Waals surface area contributed by atoms with Gasteiger partial charge in [0.25, 0.3) is 5.91 Å². The molecule has 1 aromatic rings. The fourth-order valence-corrected chi connectivity index (χ4v) is 6.04. The molecule has 0 N–H and O–H groups in total. The molecule has 3 rings (SSSR count). The smallest absolute Gasteiger partial charge is 0.272 e. The third-order valence-corrected chi connectivity index (χ3v) is 6.88. The number of rotatable bonds is 4. The second kappa shape index (κ2) is 6.69. The van der Waals surface area contributed by atoms with Crippen LogP contribution in [0.2, 0.25) is 0 Å². The number of hydrogen-bond donors (Lipinski definition) is 0. The van der Waals surface area contributed by atoms with E-state index in [9.17, 15) is 13.2 Å². The molecule has 1 amide bonds. The molecule has 25 heavy (non-hydrogen) atoms. The average molecular weight is 370 g/mol. The Morgan fingerprint density at radius 3 is 2.56 bits per heavy atom. The van der Waals surface area contributed by atoms with Crippen molar-refractivity contribution in [2.45, 2.75) is 37.3 Å². The third-order valence-electron chi connectivity index (χ3n) is 5.48. The average Bonchev–Trinajstić information content (AvgIpc) is 3.12. The van der Waals surface area contributed by atoms with Crippen LogP contribution in [-0.2, 0) is 21.8 Å². The minimum Gasteiger partial charge on any atom is -0.383 e. The molecule has 1 spiro atoms. The van der Waals surface area contributed by atoms with Crippen LogP contribution in [-0.4, -0.2) is 78.0 Å². The fraction of sp³-hybridized carbons (Fsp3) is 0.750. The lowest BCUT2D eigenvalue weighted by molar-refractivity contribution is 0.0496. The molecule has 2 fully saturated rings. The molecule has 8 nitrogen and oxygen atoms in total. The summed E-state index contributed by atoms with van der Waals surface area (Å²) in [6, 6.07) is 1.60. The monoisotopic (exact) mass is 370 g/mol. The maximum Gasteiger partial charge on any atom is 0.272 e. The van der Waals surface area contributed by atoms with E-state index in [1.165, 1.54) is 6.26 Å². The van der Waals surface area contributed by atoms with Crippen molar-refractivity contribution in [1.29, 1.82) is 0 Å². The maximum absolute atomic E-state index is 12.6. The van der Waals surface area contributed by atoms with Gasteiger partial charge in [-0.25, -0.2) is 8.42 Å². The summed E-state index contributed by atoms with van der Waals surface area (Å²) in [4.78, 5) is 14.4. The first-order valence-corrected chi connectivity index (χ1v) is 10.4. The summed E-state index contributed by atoms with van der Waals surface area (Å²) < 4.78 is 33.3. The van der Waals surface area contributed by atoms with E-state index in [0.717, 1.165) is 12.8 Å². The first kappa shape index (κ1) is 18.3. The second-order valence-corrected chi connectivity index (χ2v) is 8.92. The Morgan fingerprint density at radius 2 is 2.04 bits per heavy atom. The lowest BCUT2D eigenvalue weighted by atomic mass is 9.86. The number of methoxy groups -OCH3 is 1. The van der Waals surface area contributed by atoms with Crippen molar-refractivity contribution in [1.82, 2.24) is 19.0 Å². The Balaban J connectivity index is 1.76. The molecule has 0 aliphatic carbocycles. The second-order valence-electron chi connectivity index (χ2n) is 7.06. The predicted molar refractivity (Wildman–Crippen MR) is 92.7 cm³/mol. The van der Waals surface area contributed by atoms with Crippen LogP contribution in [0.25, 0.3) is 0 Å². The first-order valence-electron chi connectivity index (χ1n) is 8.54. The van der Waals surface area contributed by atoms with E-state index in [-0.39, 0.29) is 17.5 Å². The number of hydrogen-bond acceptors (Lipinski definition) is 5. The molecule has 3 heterocycles. The topological polar surface area (TPSA) is 84.7 Å². The Kier molecular flexibility index (Phi) is 4.91. The summed E-state index contributed by atoms with van der Waals surface area (Å²) >= 11 is 0. The Morgan fingerprint density at radius 1 is 1.36 bits per heavy atom. The number of carbonyl (C=O) groups excluding carboxylic acids is 1. The van der Waals surface area contributed by atoms with Gasteiger partial charge in [0.15, 0.2) is 0 Å². The van der Waals surface area contributed by atoms with E-state index in [2.05, 4.69) is 5.10 Å². The van der Waals surface area contributed by atoms with Gasteiger partial charge < -0.3 is 9.64 Å². The maximum atomic E-state index is 12.6. The molecule has 140 valence electrons. The summed E-state index contributed by atoms with van der Waals surface area (Å²) in [5.41, 5.74) is 0.166.